The number of allylic oxidation sites excluding steroid dienone is 2. The third-order valence-electron chi connectivity index (χ3n) is 5.29. The molecule has 2 aromatic rings. The lowest BCUT2D eigenvalue weighted by Gasteiger charge is -2.18. The minimum absolute atomic E-state index is 0.169. The number of hydrogen-bond acceptors (Lipinski definition) is 3. The summed E-state index contributed by atoms with van der Waals surface area (Å²) in [5.41, 5.74) is 0.243. The average Bonchev–Trinajstić information content (AvgIpc) is 3.25. The highest BCUT2D eigenvalue weighted by atomic mass is 19.1. The SMILES string of the molecule is O=C(Cn1nc(-c2ccccc2F)ccc1=O)NC[C@@H]1C[C@@H]2C=C[C@@H]1C2. The van der Waals surface area contributed by atoms with Crippen LogP contribution in [-0.2, 0) is 11.3 Å². The Morgan fingerprint density at radius 2 is 2.04 bits per heavy atom. The van der Waals surface area contributed by atoms with Crippen LogP contribution < -0.4 is 10.9 Å². The van der Waals surface area contributed by atoms with Crippen LogP contribution in [0.1, 0.15) is 12.8 Å². The van der Waals surface area contributed by atoms with Gasteiger partial charge in [-0.05, 0) is 48.8 Å². The molecule has 1 aromatic heterocycles. The summed E-state index contributed by atoms with van der Waals surface area (Å²) in [4.78, 5) is 24.2. The summed E-state index contributed by atoms with van der Waals surface area (Å²) in [6.07, 6.45) is 6.81. The maximum atomic E-state index is 13.9. The number of fused-ring (bicyclic) bond motifs is 2. The van der Waals surface area contributed by atoms with Crippen molar-refractivity contribution in [3.63, 3.8) is 0 Å². The van der Waals surface area contributed by atoms with Crippen LogP contribution in [0.5, 0.6) is 0 Å². The second kappa shape index (κ2) is 6.86. The molecule has 1 heterocycles. The molecule has 3 atom stereocenters. The molecule has 0 aliphatic heterocycles. The second-order valence-corrected chi connectivity index (χ2v) is 7.04. The molecule has 134 valence electrons. The van der Waals surface area contributed by atoms with Gasteiger partial charge in [-0.3, -0.25) is 9.59 Å². The number of nitrogens with zero attached hydrogens (tertiary/aromatic N) is 2. The zero-order valence-electron chi connectivity index (χ0n) is 14.3. The number of nitrogens with one attached hydrogen (secondary N) is 1. The predicted molar refractivity (Wildman–Crippen MR) is 95.7 cm³/mol. The van der Waals surface area contributed by atoms with Crippen molar-refractivity contribution in [1.82, 2.24) is 15.1 Å². The lowest BCUT2D eigenvalue weighted by Crippen LogP contribution is -2.36. The molecule has 5 nitrogen and oxygen atoms in total. The van der Waals surface area contributed by atoms with E-state index in [9.17, 15) is 14.0 Å². The van der Waals surface area contributed by atoms with E-state index >= 15 is 0 Å². The van der Waals surface area contributed by atoms with Crippen LogP contribution >= 0.6 is 0 Å². The van der Waals surface area contributed by atoms with Crippen molar-refractivity contribution in [2.45, 2.75) is 19.4 Å². The van der Waals surface area contributed by atoms with Crippen LogP contribution in [-0.4, -0.2) is 22.2 Å². The summed E-state index contributed by atoms with van der Waals surface area (Å²) in [6, 6.07) is 9.00. The molecule has 2 bridgehead atoms. The summed E-state index contributed by atoms with van der Waals surface area (Å²) in [7, 11) is 0. The van der Waals surface area contributed by atoms with E-state index in [-0.39, 0.29) is 18.0 Å². The van der Waals surface area contributed by atoms with Gasteiger partial charge < -0.3 is 5.32 Å². The molecule has 2 aliphatic carbocycles. The first-order valence-corrected chi connectivity index (χ1v) is 8.88. The Morgan fingerprint density at radius 1 is 1.19 bits per heavy atom. The van der Waals surface area contributed by atoms with E-state index in [4.69, 9.17) is 0 Å². The fourth-order valence-corrected chi connectivity index (χ4v) is 3.94. The normalized spacial score (nSPS) is 23.3. The molecular weight excluding hydrogens is 333 g/mol. The Morgan fingerprint density at radius 3 is 2.77 bits per heavy atom. The Labute approximate surface area is 150 Å². The average molecular weight is 353 g/mol. The van der Waals surface area contributed by atoms with Gasteiger partial charge in [0.25, 0.3) is 5.56 Å². The van der Waals surface area contributed by atoms with Crippen molar-refractivity contribution >= 4 is 5.91 Å². The molecule has 26 heavy (non-hydrogen) atoms. The number of benzene rings is 1. The van der Waals surface area contributed by atoms with Crippen molar-refractivity contribution in [2.24, 2.45) is 17.8 Å². The molecule has 1 fully saturated rings. The van der Waals surface area contributed by atoms with Gasteiger partial charge in [0, 0.05) is 18.2 Å². The number of rotatable bonds is 5. The van der Waals surface area contributed by atoms with Crippen molar-refractivity contribution in [3.8, 4) is 11.3 Å². The monoisotopic (exact) mass is 353 g/mol. The number of hydrogen-bond donors (Lipinski definition) is 1. The molecule has 1 N–H and O–H groups in total. The number of carbonyl (C=O) groups is 1. The lowest BCUT2D eigenvalue weighted by molar-refractivity contribution is -0.122. The highest BCUT2D eigenvalue weighted by Gasteiger charge is 2.35. The van der Waals surface area contributed by atoms with Gasteiger partial charge in [0.2, 0.25) is 5.91 Å². The predicted octanol–water partition coefficient (Wildman–Crippen LogP) is 2.38. The quantitative estimate of drug-likeness (QED) is 0.840. The van der Waals surface area contributed by atoms with Gasteiger partial charge in [0.05, 0.1) is 5.69 Å². The van der Waals surface area contributed by atoms with Gasteiger partial charge in [-0.25, -0.2) is 9.07 Å². The third kappa shape index (κ3) is 3.31. The molecule has 1 aromatic carbocycles. The van der Waals surface area contributed by atoms with Crippen LogP contribution in [0.15, 0.2) is 53.3 Å². The van der Waals surface area contributed by atoms with E-state index in [1.807, 2.05) is 0 Å². The molecule has 4 rings (SSSR count). The Balaban J connectivity index is 1.43. The van der Waals surface area contributed by atoms with E-state index in [1.165, 1.54) is 24.6 Å². The topological polar surface area (TPSA) is 64.0 Å². The number of aromatic nitrogens is 2. The Hall–Kier alpha value is -2.76. The van der Waals surface area contributed by atoms with Gasteiger partial charge >= 0.3 is 0 Å². The molecule has 1 amide bonds. The van der Waals surface area contributed by atoms with E-state index in [2.05, 4.69) is 22.6 Å². The van der Waals surface area contributed by atoms with Crippen LogP contribution in [0.4, 0.5) is 4.39 Å². The highest BCUT2D eigenvalue weighted by molar-refractivity contribution is 5.75. The summed E-state index contributed by atoms with van der Waals surface area (Å²) in [5, 5.41) is 7.06. The standard InChI is InChI=1S/C20H20FN3O2/c21-17-4-2-1-3-16(17)18-7-8-20(26)24(23-18)12-19(25)22-11-15-10-13-5-6-14(15)9-13/h1-8,13-15H,9-12H2,(H,22,25)/t13-,14-,15+/m1/s1. The summed E-state index contributed by atoms with van der Waals surface area (Å²) in [6.45, 7) is 0.448. The molecule has 0 spiro atoms. The smallest absolute Gasteiger partial charge is 0.267 e. The van der Waals surface area contributed by atoms with Crippen LogP contribution in [0.25, 0.3) is 11.3 Å². The molecule has 2 aliphatic rings. The lowest BCUT2D eigenvalue weighted by atomic mass is 9.94. The van der Waals surface area contributed by atoms with Gasteiger partial charge in [0.15, 0.2) is 0 Å². The van der Waals surface area contributed by atoms with Crippen LogP contribution in [0.3, 0.4) is 0 Å². The summed E-state index contributed by atoms with van der Waals surface area (Å²) >= 11 is 0. The van der Waals surface area contributed by atoms with Crippen molar-refractivity contribution in [3.05, 3.63) is 64.7 Å². The fourth-order valence-electron chi connectivity index (χ4n) is 3.94. The second-order valence-electron chi connectivity index (χ2n) is 7.04. The minimum atomic E-state index is -0.418. The number of carbonyl (C=O) groups excluding carboxylic acids is 1. The maximum Gasteiger partial charge on any atom is 0.267 e. The molecular formula is C20H20FN3O2. The van der Waals surface area contributed by atoms with Crippen LogP contribution in [0.2, 0.25) is 0 Å². The largest absolute Gasteiger partial charge is 0.354 e. The van der Waals surface area contributed by atoms with Gasteiger partial charge in [-0.2, -0.15) is 5.10 Å². The Bertz CT molecular complexity index is 921. The number of amides is 1. The first-order valence-electron chi connectivity index (χ1n) is 8.88. The summed E-state index contributed by atoms with van der Waals surface area (Å²) in [5.74, 6) is 1.02. The zero-order valence-corrected chi connectivity index (χ0v) is 14.3. The highest BCUT2D eigenvalue weighted by Crippen LogP contribution is 2.42. The van der Waals surface area contributed by atoms with E-state index in [0.717, 1.165) is 11.1 Å². The summed E-state index contributed by atoms with van der Waals surface area (Å²) < 4.78 is 15.0. The van der Waals surface area contributed by atoms with E-state index < -0.39 is 5.82 Å². The van der Waals surface area contributed by atoms with Gasteiger partial charge in [-0.1, -0.05) is 24.3 Å². The molecule has 0 saturated heterocycles. The first-order chi connectivity index (χ1) is 12.6. The van der Waals surface area contributed by atoms with Gasteiger partial charge in [-0.15, -0.1) is 0 Å². The van der Waals surface area contributed by atoms with Crippen molar-refractivity contribution in [1.29, 1.82) is 0 Å². The minimum Gasteiger partial charge on any atom is -0.354 e. The first kappa shape index (κ1) is 16.7. The zero-order chi connectivity index (χ0) is 18.1. The maximum absolute atomic E-state index is 13.9. The number of halogens is 1. The molecule has 0 unspecified atom stereocenters. The van der Waals surface area contributed by atoms with Crippen molar-refractivity contribution < 1.29 is 9.18 Å². The third-order valence-corrected chi connectivity index (χ3v) is 5.29. The molecule has 0 radical (unpaired) electrons. The molecule has 6 heteroatoms. The Kier molecular flexibility index (Phi) is 4.41. The van der Waals surface area contributed by atoms with Crippen molar-refractivity contribution in [2.75, 3.05) is 6.54 Å². The molecule has 1 saturated carbocycles. The van der Waals surface area contributed by atoms with E-state index in [1.54, 1.807) is 18.2 Å². The fraction of sp³-hybridized carbons (Fsp3) is 0.350. The van der Waals surface area contributed by atoms with Gasteiger partial charge in [0.1, 0.15) is 12.4 Å². The van der Waals surface area contributed by atoms with Crippen LogP contribution in [0, 0.1) is 23.6 Å². The van der Waals surface area contributed by atoms with E-state index in [0.29, 0.717) is 35.6 Å².